The van der Waals surface area contributed by atoms with Gasteiger partial charge in [-0.15, -0.1) is 0 Å². The van der Waals surface area contributed by atoms with E-state index >= 15 is 0 Å². The Morgan fingerprint density at radius 1 is 1.06 bits per heavy atom. The standard InChI is InChI=1S/C12H11Cl2N3/c1-7-2-11(6-15)17-12(16-7)8-3-9(13)5-10(14)4-8/h2-5H,6,15H2,1H3. The first-order valence-electron chi connectivity index (χ1n) is 5.09. The maximum Gasteiger partial charge on any atom is 0.159 e. The maximum absolute atomic E-state index is 5.95. The highest BCUT2D eigenvalue weighted by molar-refractivity contribution is 6.35. The van der Waals surface area contributed by atoms with E-state index in [-0.39, 0.29) is 0 Å². The molecule has 2 N–H and O–H groups in total. The summed E-state index contributed by atoms with van der Waals surface area (Å²) in [5.74, 6) is 0.592. The van der Waals surface area contributed by atoms with Crippen molar-refractivity contribution in [3.8, 4) is 11.4 Å². The van der Waals surface area contributed by atoms with Gasteiger partial charge in [0.1, 0.15) is 0 Å². The molecule has 3 nitrogen and oxygen atoms in total. The van der Waals surface area contributed by atoms with Crippen molar-refractivity contribution in [3.63, 3.8) is 0 Å². The van der Waals surface area contributed by atoms with Gasteiger partial charge in [-0.2, -0.15) is 0 Å². The molecule has 0 aliphatic carbocycles. The summed E-state index contributed by atoms with van der Waals surface area (Å²) in [6, 6.07) is 7.09. The summed E-state index contributed by atoms with van der Waals surface area (Å²) < 4.78 is 0. The molecule has 0 fully saturated rings. The summed E-state index contributed by atoms with van der Waals surface area (Å²) in [5, 5.41) is 1.12. The van der Waals surface area contributed by atoms with Gasteiger partial charge in [0.05, 0.1) is 5.69 Å². The molecule has 0 atom stereocenters. The molecule has 0 unspecified atom stereocenters. The van der Waals surface area contributed by atoms with E-state index < -0.39 is 0 Å². The molecule has 0 saturated carbocycles. The molecule has 0 radical (unpaired) electrons. The predicted molar refractivity (Wildman–Crippen MR) is 70.1 cm³/mol. The molecule has 1 aromatic carbocycles. The molecule has 0 saturated heterocycles. The molecule has 0 aliphatic rings. The van der Waals surface area contributed by atoms with Gasteiger partial charge in [0.25, 0.3) is 0 Å². The quantitative estimate of drug-likeness (QED) is 0.909. The Morgan fingerprint density at radius 3 is 2.29 bits per heavy atom. The first kappa shape index (κ1) is 12.3. The Balaban J connectivity index is 2.55. The number of nitrogens with two attached hydrogens (primary N) is 1. The van der Waals surface area contributed by atoms with Gasteiger partial charge in [-0.05, 0) is 31.2 Å². The Bertz CT molecular complexity index is 535. The van der Waals surface area contributed by atoms with E-state index in [0.717, 1.165) is 17.0 Å². The molecule has 0 aliphatic heterocycles. The molecule has 2 rings (SSSR count). The van der Waals surface area contributed by atoms with Crippen LogP contribution in [0.5, 0.6) is 0 Å². The maximum atomic E-state index is 5.95. The Labute approximate surface area is 110 Å². The highest BCUT2D eigenvalue weighted by Gasteiger charge is 2.06. The molecule has 0 spiro atoms. The summed E-state index contributed by atoms with van der Waals surface area (Å²) in [5.41, 5.74) is 8.04. The molecule has 88 valence electrons. The van der Waals surface area contributed by atoms with Crippen LogP contribution in [-0.4, -0.2) is 9.97 Å². The van der Waals surface area contributed by atoms with Crippen molar-refractivity contribution in [2.75, 3.05) is 0 Å². The summed E-state index contributed by atoms with van der Waals surface area (Å²) in [6.45, 7) is 2.28. The summed E-state index contributed by atoms with van der Waals surface area (Å²) in [7, 11) is 0. The van der Waals surface area contributed by atoms with Crippen molar-refractivity contribution in [1.29, 1.82) is 0 Å². The lowest BCUT2D eigenvalue weighted by molar-refractivity contribution is 0.953. The van der Waals surface area contributed by atoms with Crippen molar-refractivity contribution in [2.45, 2.75) is 13.5 Å². The average Bonchev–Trinajstić information content (AvgIpc) is 2.26. The molecule has 5 heteroatoms. The highest BCUT2D eigenvalue weighted by Crippen LogP contribution is 2.25. The normalized spacial score (nSPS) is 10.6. The number of rotatable bonds is 2. The molecular formula is C12H11Cl2N3. The smallest absolute Gasteiger partial charge is 0.159 e. The van der Waals surface area contributed by atoms with E-state index in [1.54, 1.807) is 18.2 Å². The van der Waals surface area contributed by atoms with Crippen molar-refractivity contribution in [2.24, 2.45) is 5.73 Å². The fourth-order valence-corrected chi connectivity index (χ4v) is 2.08. The third kappa shape index (κ3) is 2.94. The second-order valence-corrected chi connectivity index (χ2v) is 4.56. The topological polar surface area (TPSA) is 51.8 Å². The van der Waals surface area contributed by atoms with E-state index in [1.807, 2.05) is 13.0 Å². The van der Waals surface area contributed by atoms with Gasteiger partial charge in [-0.1, -0.05) is 23.2 Å². The lowest BCUT2D eigenvalue weighted by Gasteiger charge is -2.05. The van der Waals surface area contributed by atoms with E-state index in [4.69, 9.17) is 28.9 Å². The summed E-state index contributed by atoms with van der Waals surface area (Å²) in [4.78, 5) is 8.70. The minimum Gasteiger partial charge on any atom is -0.325 e. The Morgan fingerprint density at radius 2 is 1.71 bits per heavy atom. The second-order valence-electron chi connectivity index (χ2n) is 3.69. The van der Waals surface area contributed by atoms with Gasteiger partial charge in [0, 0.05) is 27.8 Å². The van der Waals surface area contributed by atoms with Crippen LogP contribution in [0.1, 0.15) is 11.4 Å². The number of hydrogen-bond acceptors (Lipinski definition) is 3. The van der Waals surface area contributed by atoms with Crippen molar-refractivity contribution < 1.29 is 0 Å². The molecule has 0 amide bonds. The minimum absolute atomic E-state index is 0.380. The molecule has 0 bridgehead atoms. The van der Waals surface area contributed by atoms with Crippen LogP contribution in [0.2, 0.25) is 10.0 Å². The fourth-order valence-electron chi connectivity index (χ4n) is 1.55. The largest absolute Gasteiger partial charge is 0.325 e. The van der Waals surface area contributed by atoms with Crippen LogP contribution in [0, 0.1) is 6.92 Å². The predicted octanol–water partition coefficient (Wildman–Crippen LogP) is 3.22. The zero-order valence-corrected chi connectivity index (χ0v) is 10.8. The van der Waals surface area contributed by atoms with Crippen LogP contribution in [0.4, 0.5) is 0 Å². The second kappa shape index (κ2) is 5.00. The molecule has 17 heavy (non-hydrogen) atoms. The van der Waals surface area contributed by atoms with Crippen LogP contribution < -0.4 is 5.73 Å². The lowest BCUT2D eigenvalue weighted by Crippen LogP contribution is -2.03. The van der Waals surface area contributed by atoms with Gasteiger partial charge in [-0.25, -0.2) is 9.97 Å². The Hall–Kier alpha value is -1.16. The van der Waals surface area contributed by atoms with Crippen molar-refractivity contribution >= 4 is 23.2 Å². The monoisotopic (exact) mass is 267 g/mol. The highest BCUT2D eigenvalue weighted by atomic mass is 35.5. The fraction of sp³-hybridized carbons (Fsp3) is 0.167. The van der Waals surface area contributed by atoms with Crippen LogP contribution in [-0.2, 0) is 6.54 Å². The van der Waals surface area contributed by atoms with Gasteiger partial charge < -0.3 is 5.73 Å². The third-order valence-electron chi connectivity index (χ3n) is 2.24. The SMILES string of the molecule is Cc1cc(CN)nc(-c2cc(Cl)cc(Cl)c2)n1. The molecular weight excluding hydrogens is 257 g/mol. The van der Waals surface area contributed by atoms with Crippen molar-refractivity contribution in [1.82, 2.24) is 9.97 Å². The summed E-state index contributed by atoms with van der Waals surface area (Å²) >= 11 is 11.9. The average molecular weight is 268 g/mol. The van der Waals surface area contributed by atoms with E-state index in [9.17, 15) is 0 Å². The number of hydrogen-bond donors (Lipinski definition) is 1. The zero-order chi connectivity index (χ0) is 12.4. The third-order valence-corrected chi connectivity index (χ3v) is 2.67. The lowest BCUT2D eigenvalue weighted by atomic mass is 10.2. The van der Waals surface area contributed by atoms with E-state index in [0.29, 0.717) is 22.4 Å². The molecule has 1 aromatic heterocycles. The zero-order valence-electron chi connectivity index (χ0n) is 9.24. The first-order chi connectivity index (χ1) is 8.08. The van der Waals surface area contributed by atoms with Gasteiger partial charge in [0.15, 0.2) is 5.82 Å². The van der Waals surface area contributed by atoms with Crippen LogP contribution in [0.15, 0.2) is 24.3 Å². The van der Waals surface area contributed by atoms with Gasteiger partial charge >= 0.3 is 0 Å². The molecule has 1 heterocycles. The van der Waals surface area contributed by atoms with Crippen LogP contribution in [0.3, 0.4) is 0 Å². The number of benzene rings is 1. The van der Waals surface area contributed by atoms with Crippen molar-refractivity contribution in [3.05, 3.63) is 45.7 Å². The van der Waals surface area contributed by atoms with Gasteiger partial charge in [-0.3, -0.25) is 0 Å². The van der Waals surface area contributed by atoms with Crippen LogP contribution in [0.25, 0.3) is 11.4 Å². The minimum atomic E-state index is 0.380. The number of halogens is 2. The van der Waals surface area contributed by atoms with E-state index in [2.05, 4.69) is 9.97 Å². The number of nitrogens with zero attached hydrogens (tertiary/aromatic N) is 2. The van der Waals surface area contributed by atoms with Crippen LogP contribution >= 0.6 is 23.2 Å². The molecule has 2 aromatic rings. The number of aromatic nitrogens is 2. The first-order valence-corrected chi connectivity index (χ1v) is 5.85. The summed E-state index contributed by atoms with van der Waals surface area (Å²) in [6.07, 6.45) is 0. The Kier molecular flexibility index (Phi) is 3.62. The number of aryl methyl sites for hydroxylation is 1. The van der Waals surface area contributed by atoms with E-state index in [1.165, 1.54) is 0 Å². The van der Waals surface area contributed by atoms with Gasteiger partial charge in [0.2, 0.25) is 0 Å².